The third kappa shape index (κ3) is 4.65. The molecule has 2 unspecified atom stereocenters. The molecule has 0 amide bonds. The number of piperidine rings is 1. The Bertz CT molecular complexity index is 1050. The maximum Gasteiger partial charge on any atom is 0.178 e. The van der Waals surface area contributed by atoms with Gasteiger partial charge in [-0.15, -0.1) is 5.10 Å². The molecule has 1 saturated heterocycles. The molecule has 1 aliphatic heterocycles. The number of nitrogen functional groups attached to an aromatic ring is 1. The fourth-order valence-electron chi connectivity index (χ4n) is 4.12. The normalized spacial score (nSPS) is 19.7. The van der Waals surface area contributed by atoms with Crippen LogP contribution in [0.25, 0.3) is 11.2 Å². The lowest BCUT2D eigenvalue weighted by molar-refractivity contribution is 0.381. The molecule has 6 N–H and O–H groups in total. The Morgan fingerprint density at radius 1 is 1.37 bits per heavy atom. The van der Waals surface area contributed by atoms with Gasteiger partial charge in [-0.05, 0) is 60.6 Å². The number of nitrogens with one attached hydrogen (secondary N) is 4. The number of fused-ring (bicyclic) bond motifs is 1. The highest BCUT2D eigenvalue weighted by atomic mass is 15.3. The van der Waals surface area contributed by atoms with Crippen molar-refractivity contribution in [3.8, 4) is 0 Å². The van der Waals surface area contributed by atoms with Crippen LogP contribution < -0.4 is 16.4 Å². The van der Waals surface area contributed by atoms with Crippen molar-refractivity contribution < 1.29 is 0 Å². The third-order valence-electron chi connectivity index (χ3n) is 5.62. The first-order valence-electron chi connectivity index (χ1n) is 10.3. The summed E-state index contributed by atoms with van der Waals surface area (Å²) in [6.45, 7) is 4.05. The van der Waals surface area contributed by atoms with Crippen molar-refractivity contribution >= 4 is 23.2 Å². The first kappa shape index (κ1) is 20.0. The number of benzene rings is 1. The highest BCUT2D eigenvalue weighted by Gasteiger charge is 2.19. The number of hydrogen-bond acceptors (Lipinski definition) is 7. The molecule has 4 rings (SSSR count). The van der Waals surface area contributed by atoms with E-state index >= 15 is 0 Å². The molecule has 8 nitrogen and oxygen atoms in total. The highest BCUT2D eigenvalue weighted by molar-refractivity contribution is 5.81. The SMILES string of the molecule is CC1CC(c2cccc(CN/C=C(\C=N)Cc3cc(N)nc4[nH]nnc34)c2)CCN1. The molecule has 2 atom stereocenters. The molecule has 30 heavy (non-hydrogen) atoms. The second kappa shape index (κ2) is 9.04. The summed E-state index contributed by atoms with van der Waals surface area (Å²) in [5, 5.41) is 25.3. The van der Waals surface area contributed by atoms with Gasteiger partial charge in [0.15, 0.2) is 5.65 Å². The monoisotopic (exact) mass is 404 g/mol. The highest BCUT2D eigenvalue weighted by Crippen LogP contribution is 2.28. The van der Waals surface area contributed by atoms with E-state index in [9.17, 15) is 0 Å². The molecule has 0 saturated carbocycles. The summed E-state index contributed by atoms with van der Waals surface area (Å²) in [6.07, 6.45) is 6.13. The van der Waals surface area contributed by atoms with E-state index in [2.05, 4.69) is 62.2 Å². The van der Waals surface area contributed by atoms with Crippen molar-refractivity contribution in [3.05, 3.63) is 58.8 Å². The van der Waals surface area contributed by atoms with E-state index in [0.29, 0.717) is 41.9 Å². The molecule has 1 aromatic carbocycles. The minimum Gasteiger partial charge on any atom is -0.387 e. The Kier molecular flexibility index (Phi) is 6.04. The van der Waals surface area contributed by atoms with Crippen molar-refractivity contribution in [2.75, 3.05) is 12.3 Å². The van der Waals surface area contributed by atoms with Crippen LogP contribution >= 0.6 is 0 Å². The molecule has 1 aliphatic rings. The molecule has 0 radical (unpaired) electrons. The van der Waals surface area contributed by atoms with Crippen molar-refractivity contribution in [2.45, 2.75) is 44.7 Å². The van der Waals surface area contributed by atoms with Gasteiger partial charge in [0.2, 0.25) is 0 Å². The van der Waals surface area contributed by atoms with E-state index in [1.54, 1.807) is 6.07 Å². The smallest absolute Gasteiger partial charge is 0.178 e. The van der Waals surface area contributed by atoms with Gasteiger partial charge in [0.25, 0.3) is 0 Å². The van der Waals surface area contributed by atoms with Gasteiger partial charge in [-0.25, -0.2) is 10.1 Å². The minimum atomic E-state index is 0.407. The predicted molar refractivity (Wildman–Crippen MR) is 119 cm³/mol. The average Bonchev–Trinajstić information content (AvgIpc) is 3.22. The summed E-state index contributed by atoms with van der Waals surface area (Å²) in [5.74, 6) is 1.03. The first-order chi connectivity index (χ1) is 14.6. The quantitative estimate of drug-likeness (QED) is 0.385. The van der Waals surface area contributed by atoms with E-state index in [1.807, 2.05) is 6.20 Å². The van der Waals surface area contributed by atoms with Gasteiger partial charge in [-0.2, -0.15) is 0 Å². The fourth-order valence-corrected chi connectivity index (χ4v) is 4.12. The van der Waals surface area contributed by atoms with Crippen LogP contribution in [0.15, 0.2) is 42.1 Å². The second-order valence-electron chi connectivity index (χ2n) is 7.96. The van der Waals surface area contributed by atoms with Gasteiger partial charge in [0.1, 0.15) is 11.3 Å². The van der Waals surface area contributed by atoms with E-state index < -0.39 is 0 Å². The zero-order chi connectivity index (χ0) is 20.9. The van der Waals surface area contributed by atoms with Crippen LogP contribution in [-0.4, -0.2) is 39.2 Å². The van der Waals surface area contributed by atoms with Crippen LogP contribution in [0, 0.1) is 5.41 Å². The lowest BCUT2D eigenvalue weighted by Crippen LogP contribution is -2.34. The lowest BCUT2D eigenvalue weighted by atomic mass is 9.86. The van der Waals surface area contributed by atoms with E-state index in [-0.39, 0.29) is 0 Å². The Morgan fingerprint density at radius 2 is 2.27 bits per heavy atom. The second-order valence-corrected chi connectivity index (χ2v) is 7.96. The van der Waals surface area contributed by atoms with E-state index in [0.717, 1.165) is 17.7 Å². The molecule has 0 spiro atoms. The molecule has 3 aromatic rings. The zero-order valence-corrected chi connectivity index (χ0v) is 17.2. The molecular formula is C22H28N8. The maximum atomic E-state index is 7.77. The summed E-state index contributed by atoms with van der Waals surface area (Å²) >= 11 is 0. The van der Waals surface area contributed by atoms with Crippen molar-refractivity contribution in [2.24, 2.45) is 0 Å². The average molecular weight is 405 g/mol. The van der Waals surface area contributed by atoms with Crippen LogP contribution in [0.1, 0.15) is 42.4 Å². The fraction of sp³-hybridized carbons (Fsp3) is 0.364. The first-order valence-corrected chi connectivity index (χ1v) is 10.3. The number of aromatic amines is 1. The van der Waals surface area contributed by atoms with Crippen LogP contribution in [-0.2, 0) is 13.0 Å². The molecule has 1 fully saturated rings. The Morgan fingerprint density at radius 3 is 3.10 bits per heavy atom. The molecule has 0 aliphatic carbocycles. The van der Waals surface area contributed by atoms with Crippen LogP contribution in [0.2, 0.25) is 0 Å². The van der Waals surface area contributed by atoms with E-state index in [4.69, 9.17) is 11.1 Å². The van der Waals surface area contributed by atoms with Gasteiger partial charge >= 0.3 is 0 Å². The molecular weight excluding hydrogens is 376 g/mol. The standard InChI is InChI=1S/C22H28N8/c1-14-7-18(5-6-26-14)17-4-2-3-15(8-17)12-25-13-16(11-23)9-19-10-20(24)27-22-21(19)28-30-29-22/h2-4,8,10-11,13-14,18,23,25-26H,5-7,9,12H2,1H3,(H3,24,27,28,29,30)/b16-13-,23-11?. The summed E-state index contributed by atoms with van der Waals surface area (Å²) in [4.78, 5) is 4.18. The molecule has 3 heterocycles. The number of pyridine rings is 1. The van der Waals surface area contributed by atoms with Gasteiger partial charge in [-0.3, -0.25) is 0 Å². The van der Waals surface area contributed by atoms with Gasteiger partial charge in [0, 0.05) is 31.4 Å². The van der Waals surface area contributed by atoms with Crippen LogP contribution in [0.4, 0.5) is 5.82 Å². The topological polar surface area (TPSA) is 128 Å². The summed E-state index contributed by atoms with van der Waals surface area (Å²) in [5.41, 5.74) is 11.5. The molecule has 156 valence electrons. The molecule has 2 aromatic heterocycles. The van der Waals surface area contributed by atoms with Gasteiger partial charge in [-0.1, -0.05) is 29.5 Å². The predicted octanol–water partition coefficient (Wildman–Crippen LogP) is 2.66. The zero-order valence-electron chi connectivity index (χ0n) is 17.2. The third-order valence-corrected chi connectivity index (χ3v) is 5.62. The lowest BCUT2D eigenvalue weighted by Gasteiger charge is -2.28. The van der Waals surface area contributed by atoms with E-state index in [1.165, 1.54) is 30.2 Å². The van der Waals surface area contributed by atoms with Crippen LogP contribution in [0.5, 0.6) is 0 Å². The van der Waals surface area contributed by atoms with Gasteiger partial charge < -0.3 is 21.8 Å². The summed E-state index contributed by atoms with van der Waals surface area (Å²) in [6, 6.07) is 11.2. The van der Waals surface area contributed by atoms with Crippen molar-refractivity contribution in [1.82, 2.24) is 31.0 Å². The Hall–Kier alpha value is -3.26. The molecule has 0 bridgehead atoms. The summed E-state index contributed by atoms with van der Waals surface area (Å²) in [7, 11) is 0. The number of aromatic nitrogens is 4. The maximum absolute atomic E-state index is 7.77. The largest absolute Gasteiger partial charge is 0.387 e. The number of H-pyrrole nitrogens is 1. The number of allylic oxidation sites excluding steroid dienone is 1. The minimum absolute atomic E-state index is 0.407. The number of nitrogens with zero attached hydrogens (tertiary/aromatic N) is 3. The number of hydrogen-bond donors (Lipinski definition) is 5. The Balaban J connectivity index is 1.42. The van der Waals surface area contributed by atoms with Gasteiger partial charge in [0.05, 0.1) is 0 Å². The van der Waals surface area contributed by atoms with Crippen molar-refractivity contribution in [3.63, 3.8) is 0 Å². The number of anilines is 1. The Labute approximate surface area is 175 Å². The van der Waals surface area contributed by atoms with Crippen LogP contribution in [0.3, 0.4) is 0 Å². The summed E-state index contributed by atoms with van der Waals surface area (Å²) < 4.78 is 0. The number of nitrogens with two attached hydrogens (primary N) is 1. The molecule has 8 heteroatoms. The van der Waals surface area contributed by atoms with Crippen molar-refractivity contribution in [1.29, 1.82) is 5.41 Å². The number of rotatable bonds is 7.